The van der Waals surface area contributed by atoms with E-state index in [1.54, 1.807) is 25.1 Å². The van der Waals surface area contributed by atoms with Crippen molar-refractivity contribution in [1.29, 1.82) is 0 Å². The number of aromatic amines is 1. The highest BCUT2D eigenvalue weighted by Gasteiger charge is 2.28. The van der Waals surface area contributed by atoms with Crippen LogP contribution in [0.1, 0.15) is 35.5 Å². The lowest BCUT2D eigenvalue weighted by molar-refractivity contribution is 0.0690. The van der Waals surface area contributed by atoms with Gasteiger partial charge in [-0.25, -0.2) is 27.9 Å². The monoisotopic (exact) mass is 485 g/mol. The molecule has 0 unspecified atom stereocenters. The minimum Gasteiger partial charge on any atom is -0.495 e. The quantitative estimate of drug-likeness (QED) is 0.372. The fourth-order valence-electron chi connectivity index (χ4n) is 3.78. The summed E-state index contributed by atoms with van der Waals surface area (Å²) in [5.41, 5.74) is 0.103. The Labute approximate surface area is 197 Å². The highest BCUT2D eigenvalue weighted by atomic mass is 32.2. The SMILES string of the molecule is COc1cc(F)c(-n2c(=O)[nH]c3c(C)cc(C(=O)O)nc32)cc1SC(C)(C)c1ccccc1F. The minimum atomic E-state index is -1.27. The summed E-state index contributed by atoms with van der Waals surface area (Å²) in [6, 6.07) is 10.2. The second-order valence-corrected chi connectivity index (χ2v) is 9.80. The van der Waals surface area contributed by atoms with Crippen LogP contribution in [-0.2, 0) is 4.75 Å². The molecule has 0 fully saturated rings. The first-order valence-electron chi connectivity index (χ1n) is 10.2. The zero-order valence-corrected chi connectivity index (χ0v) is 19.6. The maximum Gasteiger partial charge on any atom is 0.354 e. The Kier molecular flexibility index (Phi) is 5.94. The van der Waals surface area contributed by atoms with Crippen LogP contribution in [-0.4, -0.2) is 32.7 Å². The van der Waals surface area contributed by atoms with Crippen molar-refractivity contribution in [2.45, 2.75) is 30.4 Å². The van der Waals surface area contributed by atoms with Crippen molar-refractivity contribution in [2.75, 3.05) is 7.11 Å². The number of ether oxygens (including phenoxy) is 1. The molecule has 2 aromatic carbocycles. The molecule has 0 radical (unpaired) electrons. The van der Waals surface area contributed by atoms with Crippen LogP contribution in [0.2, 0.25) is 0 Å². The van der Waals surface area contributed by atoms with E-state index in [-0.39, 0.29) is 28.6 Å². The molecule has 2 heterocycles. The Hall–Kier alpha value is -3.66. The van der Waals surface area contributed by atoms with Crippen molar-refractivity contribution in [1.82, 2.24) is 14.5 Å². The number of H-pyrrole nitrogens is 1. The molecule has 0 spiro atoms. The first-order chi connectivity index (χ1) is 16.0. The fraction of sp³-hybridized carbons (Fsp3) is 0.208. The molecule has 0 amide bonds. The number of hydrogen-bond donors (Lipinski definition) is 2. The molecule has 0 atom stereocenters. The standard InChI is InChI=1S/C24H21F2N3O4S/c1-12-9-16(22(30)31)27-21-20(12)28-23(32)29(21)17-11-19(18(33-4)10-15(17)26)34-24(2,3)13-7-5-6-8-14(13)25/h5-11H,1-4H3,(H,28,32)(H,30,31). The number of aromatic carboxylic acids is 1. The average Bonchev–Trinajstić information content (AvgIpc) is 3.11. The third-order valence-electron chi connectivity index (χ3n) is 5.43. The van der Waals surface area contributed by atoms with Gasteiger partial charge in [-0.3, -0.25) is 0 Å². The van der Waals surface area contributed by atoms with Gasteiger partial charge in [-0.2, -0.15) is 0 Å². The Balaban J connectivity index is 1.92. The van der Waals surface area contributed by atoms with Crippen LogP contribution in [0.4, 0.5) is 8.78 Å². The van der Waals surface area contributed by atoms with E-state index in [1.165, 1.54) is 37.1 Å². The lowest BCUT2D eigenvalue weighted by atomic mass is 10.0. The van der Waals surface area contributed by atoms with Gasteiger partial charge in [-0.15, -0.1) is 11.8 Å². The van der Waals surface area contributed by atoms with Gasteiger partial charge in [0.15, 0.2) is 17.2 Å². The van der Waals surface area contributed by atoms with E-state index in [2.05, 4.69) is 9.97 Å². The van der Waals surface area contributed by atoms with Gasteiger partial charge in [-0.05, 0) is 44.5 Å². The molecule has 4 aromatic rings. The smallest absolute Gasteiger partial charge is 0.354 e. The van der Waals surface area contributed by atoms with Crippen LogP contribution in [0.5, 0.6) is 5.75 Å². The van der Waals surface area contributed by atoms with Crippen LogP contribution >= 0.6 is 11.8 Å². The number of nitrogens with zero attached hydrogens (tertiary/aromatic N) is 2. The summed E-state index contributed by atoms with van der Waals surface area (Å²) in [4.78, 5) is 31.4. The van der Waals surface area contributed by atoms with E-state index in [9.17, 15) is 19.1 Å². The van der Waals surface area contributed by atoms with E-state index in [1.807, 2.05) is 13.8 Å². The van der Waals surface area contributed by atoms with Crippen molar-refractivity contribution in [2.24, 2.45) is 0 Å². The van der Waals surface area contributed by atoms with Gasteiger partial charge < -0.3 is 14.8 Å². The molecule has 7 nitrogen and oxygen atoms in total. The number of halogens is 2. The molecule has 2 N–H and O–H groups in total. The van der Waals surface area contributed by atoms with Gasteiger partial charge in [0.1, 0.15) is 11.6 Å². The first-order valence-corrected chi connectivity index (χ1v) is 11.0. The van der Waals surface area contributed by atoms with E-state index >= 15 is 4.39 Å². The maximum absolute atomic E-state index is 15.2. The zero-order valence-electron chi connectivity index (χ0n) is 18.8. The summed E-state index contributed by atoms with van der Waals surface area (Å²) in [5.74, 6) is -2.22. The van der Waals surface area contributed by atoms with Gasteiger partial charge >= 0.3 is 11.7 Å². The maximum atomic E-state index is 15.2. The Morgan fingerprint density at radius 1 is 1.18 bits per heavy atom. The number of hydrogen-bond acceptors (Lipinski definition) is 5. The molecule has 0 saturated heterocycles. The lowest BCUT2D eigenvalue weighted by Crippen LogP contribution is -2.18. The van der Waals surface area contributed by atoms with Gasteiger partial charge in [0.2, 0.25) is 0 Å². The number of carboxylic acids is 1. The third kappa shape index (κ3) is 4.05. The molecule has 0 aliphatic carbocycles. The molecule has 34 heavy (non-hydrogen) atoms. The minimum absolute atomic E-state index is 0.0178. The van der Waals surface area contributed by atoms with Gasteiger partial charge in [-0.1, -0.05) is 18.2 Å². The number of pyridine rings is 1. The predicted molar refractivity (Wildman–Crippen MR) is 125 cm³/mol. The summed E-state index contributed by atoms with van der Waals surface area (Å²) in [6.07, 6.45) is 0. The van der Waals surface area contributed by atoms with Crippen LogP contribution in [0.15, 0.2) is 52.2 Å². The molecule has 2 aromatic heterocycles. The summed E-state index contributed by atoms with van der Waals surface area (Å²) < 4.78 is 35.3. The second-order valence-electron chi connectivity index (χ2n) is 8.14. The van der Waals surface area contributed by atoms with Crippen molar-refractivity contribution in [3.05, 3.63) is 81.4 Å². The largest absolute Gasteiger partial charge is 0.495 e. The van der Waals surface area contributed by atoms with Gasteiger partial charge in [0.25, 0.3) is 0 Å². The van der Waals surface area contributed by atoms with Gasteiger partial charge in [0.05, 0.1) is 23.2 Å². The molecule has 4 rings (SSSR count). The van der Waals surface area contributed by atoms with E-state index in [0.717, 1.165) is 10.6 Å². The number of benzene rings is 2. The number of fused-ring (bicyclic) bond motifs is 1. The number of carboxylic acid groups (broad SMARTS) is 1. The summed E-state index contributed by atoms with van der Waals surface area (Å²) >= 11 is 1.24. The number of aromatic nitrogens is 3. The summed E-state index contributed by atoms with van der Waals surface area (Å²) in [6.45, 7) is 5.26. The van der Waals surface area contributed by atoms with Crippen LogP contribution < -0.4 is 10.4 Å². The third-order valence-corrected chi connectivity index (χ3v) is 6.69. The van der Waals surface area contributed by atoms with Gasteiger partial charge in [0, 0.05) is 16.4 Å². The Morgan fingerprint density at radius 2 is 1.88 bits per heavy atom. The lowest BCUT2D eigenvalue weighted by Gasteiger charge is -2.26. The molecule has 0 aliphatic heterocycles. The molecule has 176 valence electrons. The van der Waals surface area contributed by atoms with Crippen molar-refractivity contribution in [3.8, 4) is 11.4 Å². The van der Waals surface area contributed by atoms with Crippen molar-refractivity contribution < 1.29 is 23.4 Å². The number of aryl methyl sites for hydroxylation is 1. The molecule has 0 saturated carbocycles. The molecule has 10 heteroatoms. The Morgan fingerprint density at radius 3 is 2.53 bits per heavy atom. The average molecular weight is 486 g/mol. The highest BCUT2D eigenvalue weighted by Crippen LogP contribution is 2.46. The number of carbonyl (C=O) groups is 1. The number of thioether (sulfide) groups is 1. The van der Waals surface area contributed by atoms with Crippen LogP contribution in [0.3, 0.4) is 0 Å². The fourth-order valence-corrected chi connectivity index (χ4v) is 5.02. The molecule has 0 aliphatic rings. The molecule has 0 bridgehead atoms. The van der Waals surface area contributed by atoms with E-state index < -0.39 is 22.2 Å². The number of rotatable bonds is 6. The van der Waals surface area contributed by atoms with Crippen LogP contribution in [0.25, 0.3) is 16.9 Å². The number of nitrogens with one attached hydrogen (secondary N) is 1. The molecular formula is C24H21F2N3O4S. The molecular weight excluding hydrogens is 464 g/mol. The Bertz CT molecular complexity index is 1490. The van der Waals surface area contributed by atoms with E-state index in [0.29, 0.717) is 21.5 Å². The zero-order chi connectivity index (χ0) is 24.8. The highest BCUT2D eigenvalue weighted by molar-refractivity contribution is 8.00. The second kappa shape index (κ2) is 8.60. The summed E-state index contributed by atoms with van der Waals surface area (Å²) in [7, 11) is 1.39. The normalized spacial score (nSPS) is 11.7. The predicted octanol–water partition coefficient (Wildman–Crippen LogP) is 5.03. The number of imidazole rings is 1. The van der Waals surface area contributed by atoms with Crippen molar-refractivity contribution >= 4 is 28.9 Å². The van der Waals surface area contributed by atoms with Crippen molar-refractivity contribution in [3.63, 3.8) is 0 Å². The first kappa shape index (κ1) is 23.5. The van der Waals surface area contributed by atoms with Crippen LogP contribution in [0, 0.1) is 18.6 Å². The summed E-state index contributed by atoms with van der Waals surface area (Å²) in [5, 5.41) is 9.38. The van der Waals surface area contributed by atoms with E-state index in [4.69, 9.17) is 4.74 Å². The topological polar surface area (TPSA) is 97.2 Å². The number of methoxy groups -OCH3 is 1.